The Balaban J connectivity index is -0.000000185. The predicted molar refractivity (Wildman–Crippen MR) is 47.0 cm³/mol. The van der Waals surface area contributed by atoms with Crippen molar-refractivity contribution in [2.45, 2.75) is 13.2 Å². The minimum absolute atomic E-state index is 0. The van der Waals surface area contributed by atoms with E-state index in [4.69, 9.17) is 22.6 Å². The van der Waals surface area contributed by atoms with Gasteiger partial charge in [-0.25, -0.2) is 0 Å². The van der Waals surface area contributed by atoms with Gasteiger partial charge in [0.25, 0.3) is 0 Å². The second-order valence-electron chi connectivity index (χ2n) is 2.34. The molecule has 0 aromatic heterocycles. The minimum Gasteiger partial charge on any atom is -1.00 e. The predicted octanol–water partition coefficient (Wildman–Crippen LogP) is -3.87. The van der Waals surface area contributed by atoms with Gasteiger partial charge in [0, 0.05) is 6.54 Å². The Morgan fingerprint density at radius 2 is 2.00 bits per heavy atom. The Bertz CT molecular complexity index is 263. The van der Waals surface area contributed by atoms with Crippen LogP contribution in [0.1, 0.15) is 8.35 Å². The summed E-state index contributed by atoms with van der Waals surface area (Å²) >= 11 is 0. The molecule has 0 amide bonds. The number of rotatable bonds is 1. The number of aliphatic imine (C=N–C) groups is 1. The molecule has 1 rings (SSSR count). The molecule has 0 aliphatic carbocycles. The minimum atomic E-state index is -4.67. The molecule has 14 heavy (non-hydrogen) atoms. The summed E-state index contributed by atoms with van der Waals surface area (Å²) in [6.07, 6.45) is 1.31. The third-order valence-corrected chi connectivity index (χ3v) is 1.20. The molecule has 9 heteroatoms. The standard InChI is InChI=1S/C5H10N2O.Na.H2O4S.H/c1-5(8)7-3-2-6-4-7;;1-5(2,3)4;/h4-5,8H,2-3H2,1H3;;(H2,1,2,3,4);/q;+1;;-1. The molecule has 0 saturated heterocycles. The number of aliphatic hydroxyl groups is 1. The van der Waals surface area contributed by atoms with E-state index in [0.29, 0.717) is 0 Å². The van der Waals surface area contributed by atoms with E-state index >= 15 is 0 Å². The van der Waals surface area contributed by atoms with Gasteiger partial charge in [-0.1, -0.05) is 0 Å². The molecule has 1 heterocycles. The van der Waals surface area contributed by atoms with Crippen LogP contribution in [0.3, 0.4) is 0 Å². The maximum Gasteiger partial charge on any atom is 1.00 e. The smallest absolute Gasteiger partial charge is 1.00 e. The molecule has 1 atom stereocenters. The van der Waals surface area contributed by atoms with Gasteiger partial charge in [-0.2, -0.15) is 8.42 Å². The third-order valence-electron chi connectivity index (χ3n) is 1.20. The molecule has 3 N–H and O–H groups in total. The van der Waals surface area contributed by atoms with Gasteiger partial charge >= 0.3 is 40.0 Å². The number of aliphatic hydroxyl groups excluding tert-OH is 1. The molecular weight excluding hydrogens is 223 g/mol. The molecule has 0 fully saturated rings. The summed E-state index contributed by atoms with van der Waals surface area (Å²) in [5, 5.41) is 8.89. The van der Waals surface area contributed by atoms with Crippen LogP contribution < -0.4 is 29.6 Å². The zero-order chi connectivity index (χ0) is 10.5. The summed E-state index contributed by atoms with van der Waals surface area (Å²) in [7, 11) is -4.67. The van der Waals surface area contributed by atoms with Crippen LogP contribution in [0.15, 0.2) is 4.99 Å². The van der Waals surface area contributed by atoms with Crippen molar-refractivity contribution in [2.24, 2.45) is 4.99 Å². The molecule has 0 bridgehead atoms. The maximum absolute atomic E-state index is 8.89. The molecule has 1 aliphatic rings. The fraction of sp³-hybridized carbons (Fsp3) is 0.800. The largest absolute Gasteiger partial charge is 1.00 e. The topological polar surface area (TPSA) is 110 Å². The zero-order valence-corrected chi connectivity index (χ0v) is 10.8. The van der Waals surface area contributed by atoms with Gasteiger partial charge in [0.1, 0.15) is 6.23 Å². The number of nitrogens with zero attached hydrogens (tertiary/aromatic N) is 2. The Hall–Kier alpha value is 0.300. The Morgan fingerprint density at radius 3 is 2.14 bits per heavy atom. The second-order valence-corrected chi connectivity index (χ2v) is 3.23. The van der Waals surface area contributed by atoms with E-state index in [1.165, 1.54) is 0 Å². The van der Waals surface area contributed by atoms with Crippen molar-refractivity contribution in [3.8, 4) is 0 Å². The van der Waals surface area contributed by atoms with Gasteiger partial charge in [-0.05, 0) is 6.92 Å². The van der Waals surface area contributed by atoms with Crippen LogP contribution in [0.5, 0.6) is 0 Å². The quantitative estimate of drug-likeness (QED) is 0.317. The molecule has 7 nitrogen and oxygen atoms in total. The van der Waals surface area contributed by atoms with Gasteiger partial charge < -0.3 is 11.4 Å². The summed E-state index contributed by atoms with van der Waals surface area (Å²) in [5.74, 6) is 0. The molecule has 0 radical (unpaired) electrons. The van der Waals surface area contributed by atoms with E-state index in [1.807, 2.05) is 0 Å². The summed E-state index contributed by atoms with van der Waals surface area (Å²) in [5.41, 5.74) is 0. The van der Waals surface area contributed by atoms with Crippen LogP contribution in [0.4, 0.5) is 0 Å². The second kappa shape index (κ2) is 7.57. The summed E-state index contributed by atoms with van der Waals surface area (Å²) in [6.45, 7) is 3.42. The summed E-state index contributed by atoms with van der Waals surface area (Å²) in [4.78, 5) is 5.72. The van der Waals surface area contributed by atoms with E-state index < -0.39 is 10.4 Å². The number of hydrogen-bond acceptors (Lipinski definition) is 5. The van der Waals surface area contributed by atoms with Crippen molar-refractivity contribution < 1.29 is 53.6 Å². The van der Waals surface area contributed by atoms with Gasteiger partial charge in [-0.15, -0.1) is 0 Å². The van der Waals surface area contributed by atoms with E-state index in [2.05, 4.69) is 4.99 Å². The van der Waals surface area contributed by atoms with Gasteiger partial charge in [0.05, 0.1) is 12.9 Å². The van der Waals surface area contributed by atoms with Crippen LogP contribution >= 0.6 is 0 Å². The molecule has 80 valence electrons. The SMILES string of the molecule is CC(O)N1C=NCC1.O=S(=O)(O)O.[H-].[Na+]. The molecule has 0 aromatic carbocycles. The van der Waals surface area contributed by atoms with Crippen molar-refractivity contribution >= 4 is 16.7 Å². The summed E-state index contributed by atoms with van der Waals surface area (Å²) < 4.78 is 31.6. The molecule has 0 spiro atoms. The van der Waals surface area contributed by atoms with Crippen molar-refractivity contribution in [1.29, 1.82) is 0 Å². The van der Waals surface area contributed by atoms with Gasteiger partial charge in [-0.3, -0.25) is 14.1 Å². The molecule has 1 unspecified atom stereocenters. The first-order valence-corrected chi connectivity index (χ1v) is 4.84. The Kier molecular flexibility index (Phi) is 9.04. The van der Waals surface area contributed by atoms with Crippen LogP contribution in [0, 0.1) is 0 Å². The van der Waals surface area contributed by atoms with Gasteiger partial charge in [0.2, 0.25) is 0 Å². The molecule has 1 aliphatic heterocycles. The van der Waals surface area contributed by atoms with Crippen molar-refractivity contribution in [1.82, 2.24) is 4.90 Å². The fourth-order valence-corrected chi connectivity index (χ4v) is 0.677. The summed E-state index contributed by atoms with van der Waals surface area (Å²) in [6, 6.07) is 0. The average molecular weight is 236 g/mol. The van der Waals surface area contributed by atoms with Gasteiger partial charge in [0.15, 0.2) is 0 Å². The van der Waals surface area contributed by atoms with Crippen LogP contribution in [-0.2, 0) is 10.4 Å². The molecule has 0 saturated carbocycles. The van der Waals surface area contributed by atoms with Crippen molar-refractivity contribution in [3.63, 3.8) is 0 Å². The fourth-order valence-electron chi connectivity index (χ4n) is 0.677. The monoisotopic (exact) mass is 236 g/mol. The van der Waals surface area contributed by atoms with Crippen LogP contribution in [0.2, 0.25) is 0 Å². The number of hydrogen-bond donors (Lipinski definition) is 3. The van der Waals surface area contributed by atoms with E-state index in [-0.39, 0.29) is 37.2 Å². The Labute approximate surface area is 106 Å². The van der Waals surface area contributed by atoms with Crippen molar-refractivity contribution in [3.05, 3.63) is 0 Å². The van der Waals surface area contributed by atoms with Crippen LogP contribution in [-0.4, -0.2) is 53.2 Å². The zero-order valence-electron chi connectivity index (χ0n) is 9.03. The average Bonchev–Trinajstić information content (AvgIpc) is 2.31. The molecule has 0 aromatic rings. The third kappa shape index (κ3) is 12.3. The molecular formula is C5H13N2NaO5S. The first-order valence-electron chi connectivity index (χ1n) is 3.44. The van der Waals surface area contributed by atoms with E-state index in [9.17, 15) is 0 Å². The van der Waals surface area contributed by atoms with Crippen LogP contribution in [0.25, 0.3) is 0 Å². The van der Waals surface area contributed by atoms with E-state index in [1.54, 1.807) is 18.2 Å². The first kappa shape index (κ1) is 16.7. The maximum atomic E-state index is 8.89. The van der Waals surface area contributed by atoms with E-state index in [0.717, 1.165) is 13.1 Å². The normalized spacial score (nSPS) is 16.7. The first-order chi connectivity index (χ1) is 5.80. The Morgan fingerprint density at radius 1 is 1.57 bits per heavy atom. The van der Waals surface area contributed by atoms with Crippen molar-refractivity contribution in [2.75, 3.05) is 13.1 Å².